The first-order valence-electron chi connectivity index (χ1n) is 6.93. The van der Waals surface area contributed by atoms with Gasteiger partial charge in [-0.3, -0.25) is 4.79 Å². The minimum atomic E-state index is -0.464. The van der Waals surface area contributed by atoms with E-state index in [1.807, 2.05) is 29.2 Å². The third-order valence-electron chi connectivity index (χ3n) is 3.99. The summed E-state index contributed by atoms with van der Waals surface area (Å²) in [5, 5.41) is 10.1. The number of rotatable bonds is 1. The van der Waals surface area contributed by atoms with Crippen LogP contribution in [0.1, 0.15) is 30.9 Å². The number of nitrogens with zero attached hydrogens (tertiary/aromatic N) is 1. The molecule has 2 heterocycles. The molecule has 2 unspecified atom stereocenters. The zero-order chi connectivity index (χ0) is 13.2. The molecule has 1 fully saturated rings. The average Bonchev–Trinajstić information content (AvgIpc) is 2.91. The zero-order valence-electron chi connectivity index (χ0n) is 10.9. The number of anilines is 1. The predicted octanol–water partition coefficient (Wildman–Crippen LogP) is 1.88. The van der Waals surface area contributed by atoms with E-state index in [1.54, 1.807) is 0 Å². The van der Waals surface area contributed by atoms with Crippen LogP contribution < -0.4 is 4.90 Å². The summed E-state index contributed by atoms with van der Waals surface area (Å²) < 4.78 is 5.31. The molecule has 19 heavy (non-hydrogen) atoms. The number of ether oxygens (including phenoxy) is 1. The van der Waals surface area contributed by atoms with Crippen LogP contribution in [0.3, 0.4) is 0 Å². The van der Waals surface area contributed by atoms with Crippen molar-refractivity contribution in [1.82, 2.24) is 0 Å². The number of aliphatic hydroxyl groups excluding tert-OH is 1. The molecule has 0 radical (unpaired) electrons. The molecule has 2 atom stereocenters. The largest absolute Gasteiger partial charge is 0.388 e. The fourth-order valence-electron chi connectivity index (χ4n) is 2.91. The number of amides is 1. The lowest BCUT2D eigenvalue weighted by Gasteiger charge is -2.25. The molecule has 0 bridgehead atoms. The predicted molar refractivity (Wildman–Crippen MR) is 71.9 cm³/mol. The van der Waals surface area contributed by atoms with Gasteiger partial charge >= 0.3 is 0 Å². The molecule has 0 saturated carbocycles. The van der Waals surface area contributed by atoms with Gasteiger partial charge in [0.15, 0.2) is 0 Å². The van der Waals surface area contributed by atoms with Gasteiger partial charge in [-0.25, -0.2) is 0 Å². The van der Waals surface area contributed by atoms with Gasteiger partial charge in [0.2, 0.25) is 5.91 Å². The van der Waals surface area contributed by atoms with E-state index < -0.39 is 6.10 Å². The smallest absolute Gasteiger partial charge is 0.232 e. The van der Waals surface area contributed by atoms with Crippen molar-refractivity contribution in [2.24, 2.45) is 5.92 Å². The third-order valence-corrected chi connectivity index (χ3v) is 3.99. The fraction of sp³-hybridized carbons (Fsp3) is 0.533. The van der Waals surface area contributed by atoms with Gasteiger partial charge in [-0.2, -0.15) is 0 Å². The Morgan fingerprint density at radius 3 is 2.95 bits per heavy atom. The number of hydrogen-bond acceptors (Lipinski definition) is 3. The number of benzene rings is 1. The molecule has 4 nitrogen and oxygen atoms in total. The molecule has 2 aliphatic heterocycles. The van der Waals surface area contributed by atoms with E-state index in [2.05, 4.69) is 0 Å². The van der Waals surface area contributed by atoms with Gasteiger partial charge in [-0.05, 0) is 25.3 Å². The number of fused-ring (bicyclic) bond motifs is 1. The quantitative estimate of drug-likeness (QED) is 0.839. The normalized spacial score (nSPS) is 26.9. The summed E-state index contributed by atoms with van der Waals surface area (Å²) in [4.78, 5) is 14.4. The minimum absolute atomic E-state index is 0.0247. The topological polar surface area (TPSA) is 49.8 Å². The number of hydrogen-bond donors (Lipinski definition) is 1. The van der Waals surface area contributed by atoms with Gasteiger partial charge in [0.05, 0.1) is 18.6 Å². The first kappa shape index (κ1) is 12.6. The van der Waals surface area contributed by atoms with Crippen LogP contribution in [0.15, 0.2) is 24.3 Å². The van der Waals surface area contributed by atoms with E-state index >= 15 is 0 Å². The maximum Gasteiger partial charge on any atom is 0.232 e. The second-order valence-electron chi connectivity index (χ2n) is 5.27. The van der Waals surface area contributed by atoms with Gasteiger partial charge in [-0.15, -0.1) is 0 Å². The maximum absolute atomic E-state index is 12.6. The molecule has 2 aliphatic rings. The van der Waals surface area contributed by atoms with E-state index in [9.17, 15) is 9.90 Å². The van der Waals surface area contributed by atoms with Crippen LogP contribution in [0, 0.1) is 5.92 Å². The van der Waals surface area contributed by atoms with Crippen LogP contribution in [-0.4, -0.2) is 30.8 Å². The molecule has 4 heteroatoms. The Bertz CT molecular complexity index is 468. The summed E-state index contributed by atoms with van der Waals surface area (Å²) in [6, 6.07) is 7.67. The maximum atomic E-state index is 12.6. The van der Waals surface area contributed by atoms with Crippen LogP contribution in [0.4, 0.5) is 5.69 Å². The fourth-order valence-corrected chi connectivity index (χ4v) is 2.91. The summed E-state index contributed by atoms with van der Waals surface area (Å²) in [6.45, 7) is 1.89. The molecule has 1 N–H and O–H groups in total. The Labute approximate surface area is 113 Å². The zero-order valence-corrected chi connectivity index (χ0v) is 10.9. The molecule has 1 saturated heterocycles. The molecule has 1 amide bonds. The van der Waals surface area contributed by atoms with Crippen LogP contribution in [-0.2, 0) is 9.53 Å². The van der Waals surface area contributed by atoms with E-state index in [0.29, 0.717) is 26.2 Å². The number of carbonyl (C=O) groups excluding carboxylic acids is 1. The van der Waals surface area contributed by atoms with E-state index in [1.165, 1.54) is 0 Å². The Morgan fingerprint density at radius 1 is 1.32 bits per heavy atom. The van der Waals surface area contributed by atoms with E-state index in [0.717, 1.165) is 24.1 Å². The van der Waals surface area contributed by atoms with Gasteiger partial charge in [0, 0.05) is 24.4 Å². The highest BCUT2D eigenvalue weighted by Crippen LogP contribution is 2.34. The van der Waals surface area contributed by atoms with E-state index in [-0.39, 0.29) is 11.8 Å². The van der Waals surface area contributed by atoms with Crippen molar-refractivity contribution < 1.29 is 14.6 Å². The first-order chi connectivity index (χ1) is 9.27. The molecular formula is C15H19NO3. The summed E-state index contributed by atoms with van der Waals surface area (Å²) in [6.07, 6.45) is 1.88. The second-order valence-corrected chi connectivity index (χ2v) is 5.27. The Hall–Kier alpha value is -1.39. The highest BCUT2D eigenvalue weighted by atomic mass is 16.5. The van der Waals surface area contributed by atoms with Crippen LogP contribution in [0.2, 0.25) is 0 Å². The summed E-state index contributed by atoms with van der Waals surface area (Å²) in [5.74, 6) is 0.113. The van der Waals surface area contributed by atoms with Crippen LogP contribution >= 0.6 is 0 Å². The Morgan fingerprint density at radius 2 is 2.16 bits per heavy atom. The SMILES string of the molecule is O=C(C1CCOC1)N1CCCC(O)c2ccccc21. The molecular weight excluding hydrogens is 242 g/mol. The Balaban J connectivity index is 1.92. The van der Waals surface area contributed by atoms with Crippen molar-refractivity contribution in [3.63, 3.8) is 0 Å². The molecule has 3 rings (SSSR count). The van der Waals surface area contributed by atoms with Crippen molar-refractivity contribution in [1.29, 1.82) is 0 Å². The number of carbonyl (C=O) groups is 1. The molecule has 0 aliphatic carbocycles. The highest BCUT2D eigenvalue weighted by Gasteiger charge is 2.31. The van der Waals surface area contributed by atoms with Crippen molar-refractivity contribution in [3.8, 4) is 0 Å². The van der Waals surface area contributed by atoms with Gasteiger partial charge in [0.25, 0.3) is 0 Å². The van der Waals surface area contributed by atoms with Gasteiger partial charge in [0.1, 0.15) is 0 Å². The molecule has 102 valence electrons. The van der Waals surface area contributed by atoms with Gasteiger partial charge in [-0.1, -0.05) is 18.2 Å². The molecule has 0 spiro atoms. The molecule has 1 aromatic carbocycles. The van der Waals surface area contributed by atoms with Crippen LogP contribution in [0.25, 0.3) is 0 Å². The monoisotopic (exact) mass is 261 g/mol. The lowest BCUT2D eigenvalue weighted by atomic mass is 10.0. The molecule has 1 aromatic rings. The standard InChI is InChI=1S/C15H19NO3/c17-14-6-3-8-16(13-5-2-1-4-12(13)14)15(18)11-7-9-19-10-11/h1-2,4-5,11,14,17H,3,6-10H2. The molecule has 0 aromatic heterocycles. The van der Waals surface area contributed by atoms with Crippen molar-refractivity contribution in [2.45, 2.75) is 25.4 Å². The van der Waals surface area contributed by atoms with Gasteiger partial charge < -0.3 is 14.7 Å². The van der Waals surface area contributed by atoms with Crippen molar-refractivity contribution >= 4 is 11.6 Å². The number of para-hydroxylation sites is 1. The average molecular weight is 261 g/mol. The summed E-state index contributed by atoms with van der Waals surface area (Å²) in [5.41, 5.74) is 1.73. The first-order valence-corrected chi connectivity index (χ1v) is 6.93. The highest BCUT2D eigenvalue weighted by molar-refractivity contribution is 5.96. The van der Waals surface area contributed by atoms with Crippen LogP contribution in [0.5, 0.6) is 0 Å². The van der Waals surface area contributed by atoms with Crippen molar-refractivity contribution in [2.75, 3.05) is 24.7 Å². The summed E-state index contributed by atoms with van der Waals surface area (Å²) >= 11 is 0. The minimum Gasteiger partial charge on any atom is -0.388 e. The second kappa shape index (κ2) is 5.31. The number of aliphatic hydroxyl groups is 1. The lowest BCUT2D eigenvalue weighted by molar-refractivity contribution is -0.122. The Kier molecular flexibility index (Phi) is 3.53. The van der Waals surface area contributed by atoms with Crippen molar-refractivity contribution in [3.05, 3.63) is 29.8 Å². The lowest BCUT2D eigenvalue weighted by Crippen LogP contribution is -2.37. The van der Waals surface area contributed by atoms with E-state index in [4.69, 9.17) is 4.74 Å². The summed E-state index contributed by atoms with van der Waals surface area (Å²) in [7, 11) is 0. The third kappa shape index (κ3) is 2.38.